The Bertz CT molecular complexity index is 362. The molecular weight excluding hydrogens is 158 g/mol. The normalized spacial score (nSPS) is 8.33. The van der Waals surface area contributed by atoms with Gasteiger partial charge in [0.25, 0.3) is 5.69 Å². The molecule has 0 aromatic heterocycles. The second-order valence-corrected chi connectivity index (χ2v) is 2.01. The summed E-state index contributed by atoms with van der Waals surface area (Å²) in [5.41, 5.74) is 0.115. The number of para-hydroxylation sites is 1. The molecule has 60 valence electrons. The summed E-state index contributed by atoms with van der Waals surface area (Å²) in [6.07, 6.45) is 1.62. The number of benzene rings is 1. The third-order valence-corrected chi connectivity index (χ3v) is 1.29. The fraction of sp³-hybridized carbons (Fsp3) is 0. The zero-order chi connectivity index (χ0) is 8.97. The highest BCUT2D eigenvalue weighted by molar-refractivity contribution is 5.49. The summed E-state index contributed by atoms with van der Waals surface area (Å²) in [6, 6.07) is 5.97. The fourth-order valence-electron chi connectivity index (χ4n) is 0.799. The number of aliphatic hydroxyl groups excluding tert-OH is 1. The summed E-state index contributed by atoms with van der Waals surface area (Å²) in [4.78, 5) is 9.81. The molecule has 0 atom stereocenters. The molecule has 0 unspecified atom stereocenters. The van der Waals surface area contributed by atoms with Crippen LogP contribution in [-0.2, 0) is 0 Å². The molecule has 0 bridgehead atoms. The molecule has 1 aromatic rings. The standard InChI is InChI=1S/C8H5NO3/c10-6-5-7-3-1-2-4-8(7)9(11)12/h1-4,10H. The van der Waals surface area contributed by atoms with Crippen molar-refractivity contribution in [1.82, 2.24) is 0 Å². The van der Waals surface area contributed by atoms with Crippen molar-refractivity contribution < 1.29 is 10.0 Å². The SMILES string of the molecule is O=[N+]([O-])c1ccccc1C#CO. The first-order valence-corrected chi connectivity index (χ1v) is 3.14. The predicted octanol–water partition coefficient (Wildman–Crippen LogP) is 1.28. The number of hydrogen-bond acceptors (Lipinski definition) is 3. The van der Waals surface area contributed by atoms with Crippen molar-refractivity contribution in [3.8, 4) is 12.0 Å². The van der Waals surface area contributed by atoms with Crippen LogP contribution in [0.25, 0.3) is 0 Å². The van der Waals surface area contributed by atoms with E-state index in [1.165, 1.54) is 12.1 Å². The quantitative estimate of drug-likeness (QED) is 0.385. The first-order valence-electron chi connectivity index (χ1n) is 3.14. The molecule has 4 nitrogen and oxygen atoms in total. The molecule has 0 aliphatic heterocycles. The van der Waals surface area contributed by atoms with Crippen molar-refractivity contribution in [2.45, 2.75) is 0 Å². The van der Waals surface area contributed by atoms with Crippen molar-refractivity contribution in [3.05, 3.63) is 39.9 Å². The molecule has 0 amide bonds. The lowest BCUT2D eigenvalue weighted by molar-refractivity contribution is -0.385. The molecule has 0 aliphatic carbocycles. The monoisotopic (exact) mass is 163 g/mol. The van der Waals surface area contributed by atoms with Crippen molar-refractivity contribution >= 4 is 5.69 Å². The Labute approximate surface area is 68.6 Å². The lowest BCUT2D eigenvalue weighted by atomic mass is 10.2. The molecule has 0 aliphatic rings. The molecule has 0 saturated carbocycles. The minimum absolute atomic E-state index is 0.0981. The molecule has 12 heavy (non-hydrogen) atoms. The zero-order valence-corrected chi connectivity index (χ0v) is 6.02. The summed E-state index contributed by atoms with van der Waals surface area (Å²) < 4.78 is 0. The molecule has 0 heterocycles. The summed E-state index contributed by atoms with van der Waals surface area (Å²) >= 11 is 0. The highest BCUT2D eigenvalue weighted by Crippen LogP contribution is 2.15. The van der Waals surface area contributed by atoms with Gasteiger partial charge in [0.05, 0.1) is 4.92 Å². The summed E-state index contributed by atoms with van der Waals surface area (Å²) in [6.45, 7) is 0. The van der Waals surface area contributed by atoms with Crippen LogP contribution in [0.1, 0.15) is 5.56 Å². The number of rotatable bonds is 1. The van der Waals surface area contributed by atoms with E-state index in [-0.39, 0.29) is 11.3 Å². The van der Waals surface area contributed by atoms with Crippen LogP contribution in [-0.4, -0.2) is 10.0 Å². The third kappa shape index (κ3) is 1.52. The van der Waals surface area contributed by atoms with Gasteiger partial charge in [0.2, 0.25) is 0 Å². The van der Waals surface area contributed by atoms with E-state index in [0.29, 0.717) is 0 Å². The Morgan fingerprint density at radius 3 is 2.67 bits per heavy atom. The first kappa shape index (κ1) is 8.08. The van der Waals surface area contributed by atoms with E-state index < -0.39 is 4.92 Å². The second-order valence-electron chi connectivity index (χ2n) is 2.01. The van der Waals surface area contributed by atoms with Crippen molar-refractivity contribution in [3.63, 3.8) is 0 Å². The van der Waals surface area contributed by atoms with Gasteiger partial charge >= 0.3 is 0 Å². The summed E-state index contributed by atoms with van der Waals surface area (Å²) in [5, 5.41) is 18.6. The number of nitro groups is 1. The van der Waals surface area contributed by atoms with Gasteiger partial charge in [-0.3, -0.25) is 10.1 Å². The van der Waals surface area contributed by atoms with Crippen molar-refractivity contribution in [2.75, 3.05) is 0 Å². The number of nitrogens with zero attached hydrogens (tertiary/aromatic N) is 1. The Morgan fingerprint density at radius 2 is 2.08 bits per heavy atom. The lowest BCUT2D eigenvalue weighted by Crippen LogP contribution is -1.90. The Hall–Kier alpha value is -2.02. The molecule has 1 N–H and O–H groups in total. The Balaban J connectivity index is 3.23. The molecule has 0 radical (unpaired) electrons. The van der Waals surface area contributed by atoms with Gasteiger partial charge in [0, 0.05) is 6.07 Å². The van der Waals surface area contributed by atoms with E-state index in [0.717, 1.165) is 0 Å². The van der Waals surface area contributed by atoms with Gasteiger partial charge < -0.3 is 5.11 Å². The van der Waals surface area contributed by atoms with Gasteiger partial charge in [-0.15, -0.1) is 0 Å². The highest BCUT2D eigenvalue weighted by atomic mass is 16.6. The topological polar surface area (TPSA) is 63.4 Å². The Kier molecular flexibility index (Phi) is 2.29. The fourth-order valence-corrected chi connectivity index (χ4v) is 0.799. The van der Waals surface area contributed by atoms with E-state index >= 15 is 0 Å². The Morgan fingerprint density at radius 1 is 1.42 bits per heavy atom. The van der Waals surface area contributed by atoms with Gasteiger partial charge in [-0.25, -0.2) is 0 Å². The van der Waals surface area contributed by atoms with Gasteiger partial charge in [0.15, 0.2) is 0 Å². The van der Waals surface area contributed by atoms with Crippen LogP contribution in [0.3, 0.4) is 0 Å². The average Bonchev–Trinajstić information content (AvgIpc) is 2.05. The van der Waals surface area contributed by atoms with E-state index in [9.17, 15) is 10.1 Å². The van der Waals surface area contributed by atoms with Crippen LogP contribution in [0.4, 0.5) is 5.69 Å². The first-order chi connectivity index (χ1) is 5.75. The van der Waals surface area contributed by atoms with E-state index in [1.54, 1.807) is 18.2 Å². The minimum Gasteiger partial charge on any atom is -0.462 e. The molecule has 1 rings (SSSR count). The van der Waals surface area contributed by atoms with Gasteiger partial charge in [-0.05, 0) is 12.0 Å². The second kappa shape index (κ2) is 3.39. The maximum Gasteiger partial charge on any atom is 0.285 e. The molecule has 0 spiro atoms. The highest BCUT2D eigenvalue weighted by Gasteiger charge is 2.09. The van der Waals surface area contributed by atoms with E-state index in [2.05, 4.69) is 5.92 Å². The van der Waals surface area contributed by atoms with Crippen LogP contribution in [0, 0.1) is 22.1 Å². The smallest absolute Gasteiger partial charge is 0.285 e. The zero-order valence-electron chi connectivity index (χ0n) is 6.02. The van der Waals surface area contributed by atoms with Crippen molar-refractivity contribution in [1.29, 1.82) is 0 Å². The molecule has 4 heteroatoms. The molecule has 1 aromatic carbocycles. The summed E-state index contributed by atoms with van der Waals surface area (Å²) in [5.74, 6) is 2.22. The number of nitro benzene ring substituents is 1. The summed E-state index contributed by atoms with van der Waals surface area (Å²) in [7, 11) is 0. The third-order valence-electron chi connectivity index (χ3n) is 1.29. The van der Waals surface area contributed by atoms with Crippen LogP contribution < -0.4 is 0 Å². The average molecular weight is 163 g/mol. The minimum atomic E-state index is -0.542. The van der Waals surface area contributed by atoms with Crippen LogP contribution in [0.5, 0.6) is 0 Å². The van der Waals surface area contributed by atoms with Gasteiger partial charge in [-0.2, -0.15) is 0 Å². The van der Waals surface area contributed by atoms with Crippen LogP contribution in [0.15, 0.2) is 24.3 Å². The molecule has 0 fully saturated rings. The lowest BCUT2D eigenvalue weighted by Gasteiger charge is -1.92. The maximum absolute atomic E-state index is 10.4. The molecular formula is C8H5NO3. The van der Waals surface area contributed by atoms with Crippen molar-refractivity contribution in [2.24, 2.45) is 0 Å². The van der Waals surface area contributed by atoms with Gasteiger partial charge in [-0.1, -0.05) is 12.1 Å². The van der Waals surface area contributed by atoms with E-state index in [4.69, 9.17) is 5.11 Å². The largest absolute Gasteiger partial charge is 0.462 e. The number of hydrogen-bond donors (Lipinski definition) is 1. The van der Waals surface area contributed by atoms with E-state index in [1.807, 2.05) is 0 Å². The predicted molar refractivity (Wildman–Crippen MR) is 41.9 cm³/mol. The van der Waals surface area contributed by atoms with Gasteiger partial charge in [0.1, 0.15) is 11.7 Å². The number of aliphatic hydroxyl groups is 1. The van der Waals surface area contributed by atoms with Crippen LogP contribution >= 0.6 is 0 Å². The molecule has 0 saturated heterocycles. The maximum atomic E-state index is 10.4. The van der Waals surface area contributed by atoms with Crippen LogP contribution in [0.2, 0.25) is 0 Å².